The average molecular weight is 467 g/mol. The van der Waals surface area contributed by atoms with Crippen molar-refractivity contribution in [2.24, 2.45) is 5.73 Å². The molecule has 2 aliphatic rings. The zero-order valence-electron chi connectivity index (χ0n) is 18.2. The van der Waals surface area contributed by atoms with Gasteiger partial charge in [0.2, 0.25) is 0 Å². The lowest BCUT2D eigenvalue weighted by molar-refractivity contribution is 0.0298. The van der Waals surface area contributed by atoms with Crippen LogP contribution in [0, 0.1) is 0 Å². The number of morpholine rings is 1. The molecule has 1 saturated heterocycles. The van der Waals surface area contributed by atoms with Crippen molar-refractivity contribution in [3.05, 3.63) is 65.9 Å². The van der Waals surface area contributed by atoms with E-state index in [1.807, 2.05) is 36.4 Å². The second-order valence-electron chi connectivity index (χ2n) is 8.22. The van der Waals surface area contributed by atoms with Gasteiger partial charge in [-0.15, -0.1) is 0 Å². The number of sulfone groups is 1. The first-order chi connectivity index (χ1) is 16.0. The van der Waals surface area contributed by atoms with E-state index in [9.17, 15) is 13.2 Å². The average Bonchev–Trinajstić information content (AvgIpc) is 3.25. The molecule has 5 rings (SSSR count). The van der Waals surface area contributed by atoms with Crippen LogP contribution in [0.4, 0.5) is 0 Å². The van der Waals surface area contributed by atoms with Crippen LogP contribution in [0.3, 0.4) is 0 Å². The van der Waals surface area contributed by atoms with Crippen LogP contribution in [-0.2, 0) is 14.6 Å². The van der Waals surface area contributed by atoms with E-state index in [4.69, 9.17) is 15.6 Å². The minimum Gasteiger partial charge on any atom is -0.378 e. The molecule has 0 aliphatic carbocycles. The maximum absolute atomic E-state index is 13.7. The van der Waals surface area contributed by atoms with Crippen molar-refractivity contribution in [3.63, 3.8) is 0 Å². The molecule has 1 unspecified atom stereocenters. The van der Waals surface area contributed by atoms with E-state index >= 15 is 0 Å². The van der Waals surface area contributed by atoms with Gasteiger partial charge in [-0.05, 0) is 37.6 Å². The van der Waals surface area contributed by atoms with Crippen LogP contribution in [0.25, 0.3) is 16.9 Å². The molecule has 33 heavy (non-hydrogen) atoms. The predicted molar refractivity (Wildman–Crippen MR) is 124 cm³/mol. The zero-order chi connectivity index (χ0) is 23.0. The number of nitrogens with two attached hydrogens (primary N) is 1. The van der Waals surface area contributed by atoms with Gasteiger partial charge >= 0.3 is 0 Å². The van der Waals surface area contributed by atoms with Gasteiger partial charge in [0.1, 0.15) is 0 Å². The van der Waals surface area contributed by atoms with Crippen molar-refractivity contribution in [3.8, 4) is 16.9 Å². The van der Waals surface area contributed by atoms with Crippen LogP contribution >= 0.6 is 0 Å². The van der Waals surface area contributed by atoms with E-state index in [0.717, 1.165) is 5.69 Å². The summed E-state index contributed by atoms with van der Waals surface area (Å²) in [6.07, 6.45) is 0.844. The minimum absolute atomic E-state index is 0.191. The number of hydrogen-bond acceptors (Lipinski definition) is 6. The Morgan fingerprint density at radius 1 is 1.06 bits per heavy atom. The highest BCUT2D eigenvalue weighted by molar-refractivity contribution is 7.92. The van der Waals surface area contributed by atoms with Crippen molar-refractivity contribution < 1.29 is 17.9 Å². The molecule has 0 spiro atoms. The molecule has 0 radical (unpaired) electrons. The van der Waals surface area contributed by atoms with Gasteiger partial charge < -0.3 is 15.4 Å². The molecular weight excluding hydrogens is 440 g/mol. The van der Waals surface area contributed by atoms with Crippen LogP contribution in [0.2, 0.25) is 0 Å². The van der Waals surface area contributed by atoms with Crippen molar-refractivity contribution >= 4 is 15.7 Å². The summed E-state index contributed by atoms with van der Waals surface area (Å²) in [6.45, 7) is 2.16. The lowest BCUT2D eigenvalue weighted by Crippen LogP contribution is -2.41. The number of amides is 1. The highest BCUT2D eigenvalue weighted by atomic mass is 32.2. The van der Waals surface area contributed by atoms with Crippen molar-refractivity contribution in [1.29, 1.82) is 0 Å². The zero-order valence-corrected chi connectivity index (χ0v) is 19.0. The summed E-state index contributed by atoms with van der Waals surface area (Å²) in [4.78, 5) is 15.6. The quantitative estimate of drug-likeness (QED) is 0.619. The fourth-order valence-corrected chi connectivity index (χ4v) is 6.70. The van der Waals surface area contributed by atoms with Gasteiger partial charge in [-0.3, -0.25) is 4.79 Å². The number of fused-ring (bicyclic) bond motifs is 3. The van der Waals surface area contributed by atoms with E-state index in [-0.39, 0.29) is 16.5 Å². The van der Waals surface area contributed by atoms with Gasteiger partial charge in [-0.2, -0.15) is 5.10 Å². The molecule has 9 heteroatoms. The predicted octanol–water partition coefficient (Wildman–Crippen LogP) is 2.58. The van der Waals surface area contributed by atoms with Crippen LogP contribution in [0.5, 0.6) is 0 Å². The molecule has 2 aliphatic heterocycles. The number of para-hydroxylation sites is 1. The number of carbonyl (C=O) groups excluding carboxylic acids is 1. The first-order valence-electron chi connectivity index (χ1n) is 11.1. The summed E-state index contributed by atoms with van der Waals surface area (Å²) in [6, 6.07) is 16.4. The van der Waals surface area contributed by atoms with Crippen molar-refractivity contribution in [2.75, 3.05) is 32.8 Å². The molecule has 1 atom stereocenters. The number of hydrogen-bond donors (Lipinski definition) is 1. The van der Waals surface area contributed by atoms with Gasteiger partial charge in [0.05, 0.1) is 34.7 Å². The Morgan fingerprint density at radius 2 is 1.76 bits per heavy atom. The topological polar surface area (TPSA) is 108 Å². The molecule has 3 heterocycles. The van der Waals surface area contributed by atoms with E-state index in [1.54, 1.807) is 27.8 Å². The Morgan fingerprint density at radius 3 is 2.48 bits per heavy atom. The second-order valence-corrected chi connectivity index (χ2v) is 10.3. The number of benzene rings is 2. The summed E-state index contributed by atoms with van der Waals surface area (Å²) in [5.41, 5.74) is 8.41. The fourth-order valence-electron chi connectivity index (χ4n) is 4.65. The largest absolute Gasteiger partial charge is 0.378 e. The Bertz CT molecular complexity index is 1280. The lowest BCUT2D eigenvalue weighted by atomic mass is 9.98. The third-order valence-corrected chi connectivity index (χ3v) is 8.43. The van der Waals surface area contributed by atoms with Gasteiger partial charge in [-0.25, -0.2) is 13.1 Å². The summed E-state index contributed by atoms with van der Waals surface area (Å²) < 4.78 is 34.6. The number of nitrogens with zero attached hydrogens (tertiary/aromatic N) is 3. The highest BCUT2D eigenvalue weighted by Gasteiger charge is 2.44. The lowest BCUT2D eigenvalue weighted by Gasteiger charge is -2.29. The van der Waals surface area contributed by atoms with Crippen LogP contribution < -0.4 is 5.73 Å². The first kappa shape index (κ1) is 21.8. The van der Waals surface area contributed by atoms with Gasteiger partial charge in [0, 0.05) is 24.2 Å². The number of ether oxygens (including phenoxy) is 1. The molecule has 0 bridgehead atoms. The van der Waals surface area contributed by atoms with Crippen LogP contribution in [0.15, 0.2) is 59.5 Å². The summed E-state index contributed by atoms with van der Waals surface area (Å²) in [7, 11) is -3.73. The highest BCUT2D eigenvalue weighted by Crippen LogP contribution is 2.48. The fraction of sp³-hybridized carbons (Fsp3) is 0.333. The van der Waals surface area contributed by atoms with Crippen LogP contribution in [0.1, 0.15) is 34.1 Å². The summed E-state index contributed by atoms with van der Waals surface area (Å²) in [5.74, 6) is -0.267. The smallest absolute Gasteiger partial charge is 0.274 e. The van der Waals surface area contributed by atoms with E-state index in [2.05, 4.69) is 0 Å². The van der Waals surface area contributed by atoms with Crippen molar-refractivity contribution in [2.45, 2.75) is 23.0 Å². The second kappa shape index (κ2) is 8.74. The van der Waals surface area contributed by atoms with Gasteiger partial charge in [-0.1, -0.05) is 36.4 Å². The molecule has 1 amide bonds. The maximum atomic E-state index is 13.7. The monoisotopic (exact) mass is 466 g/mol. The molecule has 3 aromatic rings. The van der Waals surface area contributed by atoms with Crippen molar-refractivity contribution in [1.82, 2.24) is 14.7 Å². The molecule has 8 nitrogen and oxygen atoms in total. The molecule has 172 valence electrons. The normalized spacial score (nSPS) is 19.1. The molecule has 0 saturated carbocycles. The molecule has 1 fully saturated rings. The Labute approximate surface area is 192 Å². The minimum atomic E-state index is -3.73. The number of carbonyl (C=O) groups is 1. The Balaban J connectivity index is 1.80. The van der Waals surface area contributed by atoms with Gasteiger partial charge in [0.15, 0.2) is 15.5 Å². The van der Waals surface area contributed by atoms with E-state index in [1.165, 1.54) is 0 Å². The number of rotatable bonds is 5. The molecule has 2 N–H and O–H groups in total. The summed E-state index contributed by atoms with van der Waals surface area (Å²) in [5, 5.41) is 3.86. The van der Waals surface area contributed by atoms with Gasteiger partial charge in [0.25, 0.3) is 5.91 Å². The molecule has 1 aromatic heterocycles. The molecular formula is C24H26N4O4S. The summed E-state index contributed by atoms with van der Waals surface area (Å²) >= 11 is 0. The van der Waals surface area contributed by atoms with Crippen LogP contribution in [-0.4, -0.2) is 61.9 Å². The maximum Gasteiger partial charge on any atom is 0.274 e. The third kappa shape index (κ3) is 3.66. The standard InChI is InChI=1S/C24H26N4O4S/c25-12-6-11-20-21-22(24(29)27-13-15-32-16-14-27)26-28(17-7-2-1-3-8-17)23(21)18-9-4-5-10-19(18)33(20,30)31/h1-5,7-10,20H,6,11-16,25H2. The van der Waals surface area contributed by atoms with E-state index < -0.39 is 15.1 Å². The Hall–Kier alpha value is -3.01. The SMILES string of the molecule is NCCCC1c2c(C(=O)N3CCOCC3)nn(-c3ccccc3)c2-c2ccccc2S1(=O)=O. The van der Waals surface area contributed by atoms with E-state index in [0.29, 0.717) is 62.5 Å². The first-order valence-corrected chi connectivity index (χ1v) is 12.7. The number of aromatic nitrogens is 2. The third-order valence-electron chi connectivity index (χ3n) is 6.24. The Kier molecular flexibility index (Phi) is 5.77. The molecule has 2 aromatic carbocycles.